The Morgan fingerprint density at radius 3 is 2.25 bits per heavy atom. The maximum absolute atomic E-state index is 11.3. The molecule has 0 fully saturated rings. The number of hydrogen-bond donors (Lipinski definition) is 0. The minimum atomic E-state index is -0.258. The van der Waals surface area contributed by atoms with Crippen molar-refractivity contribution in [3.8, 4) is 0 Å². The highest BCUT2D eigenvalue weighted by Gasteiger charge is 2.07. The lowest BCUT2D eigenvalue weighted by Crippen LogP contribution is -2.06. The molecule has 0 rings (SSSR count). The molecule has 0 saturated carbocycles. The zero-order valence-electron chi connectivity index (χ0n) is 16.4. The van der Waals surface area contributed by atoms with Crippen molar-refractivity contribution in [1.29, 1.82) is 0 Å². The lowest BCUT2D eigenvalue weighted by molar-refractivity contribution is -0.139. The van der Waals surface area contributed by atoms with Gasteiger partial charge in [-0.25, -0.2) is 4.79 Å². The number of hydrogen-bond acceptors (Lipinski definition) is 2. The molecule has 0 aromatic carbocycles. The van der Waals surface area contributed by atoms with Crippen LogP contribution in [0, 0.1) is 5.92 Å². The van der Waals surface area contributed by atoms with Crippen molar-refractivity contribution >= 4 is 5.97 Å². The van der Waals surface area contributed by atoms with Crippen LogP contribution in [-0.4, -0.2) is 12.6 Å². The van der Waals surface area contributed by atoms with Gasteiger partial charge in [0.1, 0.15) is 0 Å². The zero-order chi connectivity index (χ0) is 18.0. The first-order valence-electron chi connectivity index (χ1n) is 10.1. The summed E-state index contributed by atoms with van der Waals surface area (Å²) in [6.45, 7) is 10.3. The van der Waals surface area contributed by atoms with Gasteiger partial charge in [-0.2, -0.15) is 0 Å². The van der Waals surface area contributed by atoms with Crippen molar-refractivity contribution < 1.29 is 9.53 Å². The predicted molar refractivity (Wildman–Crippen MR) is 105 cm³/mol. The van der Waals surface area contributed by atoms with Crippen molar-refractivity contribution in [2.75, 3.05) is 6.61 Å². The van der Waals surface area contributed by atoms with Crippen molar-refractivity contribution in [3.63, 3.8) is 0 Å². The van der Waals surface area contributed by atoms with E-state index in [2.05, 4.69) is 32.6 Å². The van der Waals surface area contributed by atoms with Crippen molar-refractivity contribution in [2.45, 2.75) is 97.8 Å². The van der Waals surface area contributed by atoms with Gasteiger partial charge in [-0.1, -0.05) is 83.9 Å². The second-order valence-corrected chi connectivity index (χ2v) is 6.94. The highest BCUT2D eigenvalue weighted by Crippen LogP contribution is 2.22. The Hall–Kier alpha value is -1.05. The van der Waals surface area contributed by atoms with Crippen LogP contribution >= 0.6 is 0 Å². The summed E-state index contributed by atoms with van der Waals surface area (Å²) in [5.41, 5.74) is 0.489. The molecule has 1 atom stereocenters. The van der Waals surface area contributed by atoms with Crippen LogP contribution in [0.3, 0.4) is 0 Å². The van der Waals surface area contributed by atoms with E-state index in [9.17, 15) is 4.79 Å². The zero-order valence-corrected chi connectivity index (χ0v) is 16.4. The molecular weight excluding hydrogens is 296 g/mol. The monoisotopic (exact) mass is 336 g/mol. The van der Waals surface area contributed by atoms with Gasteiger partial charge >= 0.3 is 5.97 Å². The topological polar surface area (TPSA) is 26.3 Å². The second kappa shape index (κ2) is 16.8. The molecule has 0 bridgehead atoms. The smallest absolute Gasteiger partial charge is 0.333 e. The number of ether oxygens (including phenoxy) is 1. The quantitative estimate of drug-likeness (QED) is 0.131. The fourth-order valence-electron chi connectivity index (χ4n) is 3.00. The Balaban J connectivity index is 3.61. The fourth-order valence-corrected chi connectivity index (χ4v) is 3.00. The summed E-state index contributed by atoms with van der Waals surface area (Å²) in [7, 11) is 0. The number of rotatable bonds is 16. The van der Waals surface area contributed by atoms with Gasteiger partial charge < -0.3 is 4.74 Å². The minimum absolute atomic E-state index is 0.258. The lowest BCUT2D eigenvalue weighted by atomic mass is 9.91. The third kappa shape index (κ3) is 14.5. The molecule has 0 amide bonds. The molecule has 2 nitrogen and oxygen atoms in total. The maximum atomic E-state index is 11.3. The standard InChI is InChI=1S/C22H40O2/c1-5-7-8-9-10-13-17-21(16-6-2)18-14-11-12-15-19-24-22(23)20(3)4/h7-8,21H,3,5-6,9-19H2,1-2,4H3. The first kappa shape index (κ1) is 22.9. The van der Waals surface area contributed by atoms with Gasteiger partial charge in [-0.05, 0) is 38.5 Å². The Bertz CT molecular complexity index is 344. The molecule has 0 saturated heterocycles. The first-order chi connectivity index (χ1) is 11.6. The van der Waals surface area contributed by atoms with Crippen molar-refractivity contribution in [1.82, 2.24) is 0 Å². The summed E-state index contributed by atoms with van der Waals surface area (Å²) >= 11 is 0. The number of carbonyl (C=O) groups excluding carboxylic acids is 1. The van der Waals surface area contributed by atoms with Gasteiger partial charge in [-0.15, -0.1) is 0 Å². The molecule has 0 aromatic rings. The first-order valence-corrected chi connectivity index (χ1v) is 10.1. The minimum Gasteiger partial charge on any atom is -0.462 e. The summed E-state index contributed by atoms with van der Waals surface area (Å²) in [6.07, 6.45) is 19.9. The van der Waals surface area contributed by atoms with E-state index < -0.39 is 0 Å². The van der Waals surface area contributed by atoms with Gasteiger partial charge in [0, 0.05) is 5.57 Å². The molecule has 140 valence electrons. The van der Waals surface area contributed by atoms with E-state index in [1.807, 2.05) is 0 Å². The van der Waals surface area contributed by atoms with Crippen LogP contribution < -0.4 is 0 Å². The summed E-state index contributed by atoms with van der Waals surface area (Å²) < 4.78 is 5.12. The highest BCUT2D eigenvalue weighted by atomic mass is 16.5. The molecule has 1 unspecified atom stereocenters. The summed E-state index contributed by atoms with van der Waals surface area (Å²) in [4.78, 5) is 11.3. The molecule has 0 N–H and O–H groups in total. The highest BCUT2D eigenvalue weighted by molar-refractivity contribution is 5.86. The second-order valence-electron chi connectivity index (χ2n) is 6.94. The van der Waals surface area contributed by atoms with E-state index in [1.54, 1.807) is 6.92 Å². The lowest BCUT2D eigenvalue weighted by Gasteiger charge is -2.15. The Morgan fingerprint density at radius 1 is 0.958 bits per heavy atom. The predicted octanol–water partition coefficient (Wildman–Crippen LogP) is 7.00. The van der Waals surface area contributed by atoms with Gasteiger partial charge in [0.25, 0.3) is 0 Å². The maximum Gasteiger partial charge on any atom is 0.333 e. The molecule has 0 radical (unpaired) electrons. The normalized spacial score (nSPS) is 12.5. The Labute approximate surface area is 150 Å². The Kier molecular flexibility index (Phi) is 16.1. The largest absolute Gasteiger partial charge is 0.462 e. The molecule has 0 aromatic heterocycles. The molecule has 0 spiro atoms. The van der Waals surface area contributed by atoms with Crippen LogP contribution in [0.2, 0.25) is 0 Å². The molecular formula is C22H40O2. The van der Waals surface area contributed by atoms with Gasteiger partial charge in [0.15, 0.2) is 0 Å². The summed E-state index contributed by atoms with van der Waals surface area (Å²) in [5, 5.41) is 0. The average molecular weight is 337 g/mol. The van der Waals surface area contributed by atoms with E-state index in [0.717, 1.165) is 25.2 Å². The molecule has 0 aliphatic rings. The van der Waals surface area contributed by atoms with Crippen LogP contribution in [0.4, 0.5) is 0 Å². The molecule has 0 aliphatic heterocycles. The van der Waals surface area contributed by atoms with Crippen molar-refractivity contribution in [2.24, 2.45) is 5.92 Å². The summed E-state index contributed by atoms with van der Waals surface area (Å²) in [6, 6.07) is 0. The number of unbranched alkanes of at least 4 members (excludes halogenated alkanes) is 5. The van der Waals surface area contributed by atoms with Crippen LogP contribution in [0.1, 0.15) is 97.8 Å². The van der Waals surface area contributed by atoms with Crippen LogP contribution in [-0.2, 0) is 9.53 Å². The van der Waals surface area contributed by atoms with Crippen LogP contribution in [0.5, 0.6) is 0 Å². The SMILES string of the molecule is C=C(C)C(=O)OCCCCCCC(CCC)CCCCC=CCC. The third-order valence-corrected chi connectivity index (χ3v) is 4.42. The Morgan fingerprint density at radius 2 is 1.62 bits per heavy atom. The fraction of sp³-hybridized carbons (Fsp3) is 0.773. The molecule has 0 heterocycles. The van der Waals surface area contributed by atoms with Gasteiger partial charge in [0.2, 0.25) is 0 Å². The van der Waals surface area contributed by atoms with E-state index in [1.165, 1.54) is 57.8 Å². The van der Waals surface area contributed by atoms with Crippen LogP contribution in [0.15, 0.2) is 24.3 Å². The number of esters is 1. The number of carbonyl (C=O) groups is 1. The van der Waals surface area contributed by atoms with E-state index >= 15 is 0 Å². The van der Waals surface area contributed by atoms with Crippen molar-refractivity contribution in [3.05, 3.63) is 24.3 Å². The molecule has 0 aliphatic carbocycles. The average Bonchev–Trinajstić information content (AvgIpc) is 2.56. The van der Waals surface area contributed by atoms with E-state index in [-0.39, 0.29) is 5.97 Å². The van der Waals surface area contributed by atoms with Gasteiger partial charge in [0.05, 0.1) is 6.61 Å². The van der Waals surface area contributed by atoms with Crippen LogP contribution in [0.25, 0.3) is 0 Å². The summed E-state index contributed by atoms with van der Waals surface area (Å²) in [5.74, 6) is 0.651. The van der Waals surface area contributed by atoms with Gasteiger partial charge in [-0.3, -0.25) is 0 Å². The third-order valence-electron chi connectivity index (χ3n) is 4.42. The molecule has 2 heteroatoms. The number of allylic oxidation sites excluding steroid dienone is 2. The van der Waals surface area contributed by atoms with E-state index in [4.69, 9.17) is 4.74 Å². The van der Waals surface area contributed by atoms with E-state index in [0.29, 0.717) is 12.2 Å². The molecule has 24 heavy (non-hydrogen) atoms.